The number of nitrogens with zero attached hydrogens (tertiary/aromatic N) is 4. The molecule has 2 aromatic heterocycles. The van der Waals surface area contributed by atoms with Gasteiger partial charge in [0.2, 0.25) is 11.8 Å². The van der Waals surface area contributed by atoms with Gasteiger partial charge in [0.05, 0.1) is 24.7 Å². The Hall–Kier alpha value is -2.81. The molecule has 1 amide bonds. The van der Waals surface area contributed by atoms with E-state index in [-0.39, 0.29) is 12.0 Å². The molecule has 1 saturated heterocycles. The van der Waals surface area contributed by atoms with Crippen LogP contribution in [0.3, 0.4) is 0 Å². The monoisotopic (exact) mass is 282 g/mol. The first kappa shape index (κ1) is 13.2. The van der Waals surface area contributed by atoms with E-state index in [9.17, 15) is 4.79 Å². The third-order valence-corrected chi connectivity index (χ3v) is 3.34. The summed E-state index contributed by atoms with van der Waals surface area (Å²) in [5.74, 6) is 0.501. The summed E-state index contributed by atoms with van der Waals surface area (Å²) in [5.41, 5.74) is 0.514. The molecule has 0 unspecified atom stereocenters. The number of likely N-dealkylation sites (tertiary alicyclic amines) is 1. The van der Waals surface area contributed by atoms with Crippen molar-refractivity contribution in [3.63, 3.8) is 0 Å². The SMILES string of the molecule is N#Cc1ccnc(OC2CN(C(=O)Cn3cccc3)C2)c1. The highest BCUT2D eigenvalue weighted by atomic mass is 16.5. The van der Waals surface area contributed by atoms with Gasteiger partial charge in [0.1, 0.15) is 12.6 Å². The molecule has 1 aliphatic rings. The van der Waals surface area contributed by atoms with Gasteiger partial charge in [-0.05, 0) is 18.2 Å². The standard InChI is InChI=1S/C15H14N4O2/c16-8-12-3-4-17-14(7-12)21-13-9-19(10-13)15(20)11-18-5-1-2-6-18/h1-7,13H,9-11H2. The summed E-state index contributed by atoms with van der Waals surface area (Å²) >= 11 is 0. The topological polar surface area (TPSA) is 71.2 Å². The van der Waals surface area contributed by atoms with Crippen LogP contribution < -0.4 is 4.74 Å². The Morgan fingerprint density at radius 1 is 1.43 bits per heavy atom. The van der Waals surface area contributed by atoms with Crippen molar-refractivity contribution in [1.29, 1.82) is 5.26 Å². The predicted molar refractivity (Wildman–Crippen MR) is 74.4 cm³/mol. The second-order valence-electron chi connectivity index (χ2n) is 4.89. The zero-order chi connectivity index (χ0) is 14.7. The van der Waals surface area contributed by atoms with Gasteiger partial charge < -0.3 is 14.2 Å². The van der Waals surface area contributed by atoms with E-state index in [1.54, 1.807) is 23.2 Å². The van der Waals surface area contributed by atoms with Crippen molar-refractivity contribution in [2.75, 3.05) is 13.1 Å². The van der Waals surface area contributed by atoms with E-state index in [1.807, 2.05) is 35.2 Å². The Labute approximate surface area is 122 Å². The van der Waals surface area contributed by atoms with Crippen LogP contribution in [0.2, 0.25) is 0 Å². The molecule has 0 aliphatic carbocycles. The van der Waals surface area contributed by atoms with E-state index in [0.717, 1.165) is 0 Å². The smallest absolute Gasteiger partial charge is 0.242 e. The van der Waals surface area contributed by atoms with Gasteiger partial charge in [0.15, 0.2) is 0 Å². The fraction of sp³-hybridized carbons (Fsp3) is 0.267. The number of rotatable bonds is 4. The number of ether oxygens (including phenoxy) is 1. The molecule has 1 aliphatic heterocycles. The maximum Gasteiger partial charge on any atom is 0.242 e. The minimum absolute atomic E-state index is 0.0555. The Morgan fingerprint density at radius 2 is 2.19 bits per heavy atom. The first-order chi connectivity index (χ1) is 10.2. The molecule has 106 valence electrons. The lowest BCUT2D eigenvalue weighted by atomic mass is 10.1. The molecule has 1 fully saturated rings. The molecule has 0 bridgehead atoms. The number of hydrogen-bond acceptors (Lipinski definition) is 4. The second kappa shape index (κ2) is 5.67. The quantitative estimate of drug-likeness (QED) is 0.840. The summed E-state index contributed by atoms with van der Waals surface area (Å²) in [4.78, 5) is 17.8. The molecular formula is C15H14N4O2. The number of carbonyl (C=O) groups is 1. The summed E-state index contributed by atoms with van der Waals surface area (Å²) in [7, 11) is 0. The van der Waals surface area contributed by atoms with Gasteiger partial charge in [-0.2, -0.15) is 5.26 Å². The van der Waals surface area contributed by atoms with Gasteiger partial charge in [-0.15, -0.1) is 0 Å². The number of aromatic nitrogens is 2. The largest absolute Gasteiger partial charge is 0.471 e. The Balaban J connectivity index is 1.49. The third-order valence-electron chi connectivity index (χ3n) is 3.34. The van der Waals surface area contributed by atoms with E-state index in [0.29, 0.717) is 31.1 Å². The highest BCUT2D eigenvalue weighted by molar-refractivity contribution is 5.77. The molecule has 0 aromatic carbocycles. The van der Waals surface area contributed by atoms with E-state index in [4.69, 9.17) is 10.00 Å². The Kier molecular flexibility index (Phi) is 3.56. The van der Waals surface area contributed by atoms with Crippen LogP contribution >= 0.6 is 0 Å². The van der Waals surface area contributed by atoms with E-state index >= 15 is 0 Å². The van der Waals surface area contributed by atoms with E-state index in [2.05, 4.69) is 4.98 Å². The van der Waals surface area contributed by atoms with Crippen LogP contribution in [0.25, 0.3) is 0 Å². The van der Waals surface area contributed by atoms with Crippen molar-refractivity contribution in [3.05, 3.63) is 48.4 Å². The number of amides is 1. The first-order valence-corrected chi connectivity index (χ1v) is 6.66. The average Bonchev–Trinajstić information content (AvgIpc) is 2.95. The molecule has 0 spiro atoms. The van der Waals surface area contributed by atoms with Gasteiger partial charge in [0, 0.05) is 24.7 Å². The van der Waals surface area contributed by atoms with Crippen molar-refractivity contribution in [2.45, 2.75) is 12.6 Å². The lowest BCUT2D eigenvalue weighted by molar-refractivity contribution is -0.140. The third kappa shape index (κ3) is 3.03. The molecular weight excluding hydrogens is 268 g/mol. The Bertz CT molecular complexity index is 669. The van der Waals surface area contributed by atoms with Crippen LogP contribution in [0.15, 0.2) is 42.9 Å². The average molecular weight is 282 g/mol. The zero-order valence-electron chi connectivity index (χ0n) is 11.3. The Morgan fingerprint density at radius 3 is 2.90 bits per heavy atom. The molecule has 0 radical (unpaired) electrons. The summed E-state index contributed by atoms with van der Waals surface area (Å²) in [5, 5.41) is 8.82. The first-order valence-electron chi connectivity index (χ1n) is 6.66. The van der Waals surface area contributed by atoms with E-state index < -0.39 is 0 Å². The van der Waals surface area contributed by atoms with Crippen molar-refractivity contribution in [1.82, 2.24) is 14.5 Å². The molecule has 6 nitrogen and oxygen atoms in total. The zero-order valence-corrected chi connectivity index (χ0v) is 11.3. The van der Waals surface area contributed by atoms with Crippen LogP contribution in [0.4, 0.5) is 0 Å². The van der Waals surface area contributed by atoms with Crippen LogP contribution in [0.5, 0.6) is 5.88 Å². The molecule has 3 heterocycles. The maximum absolute atomic E-state index is 12.0. The summed E-state index contributed by atoms with van der Waals surface area (Å²) in [6.07, 6.45) is 5.22. The van der Waals surface area contributed by atoms with Gasteiger partial charge >= 0.3 is 0 Å². The highest BCUT2D eigenvalue weighted by Crippen LogP contribution is 2.17. The molecule has 6 heteroatoms. The highest BCUT2D eigenvalue weighted by Gasteiger charge is 2.32. The number of pyridine rings is 1. The molecule has 0 saturated carbocycles. The summed E-state index contributed by atoms with van der Waals surface area (Å²) < 4.78 is 7.49. The van der Waals surface area contributed by atoms with Crippen molar-refractivity contribution in [2.24, 2.45) is 0 Å². The number of hydrogen-bond donors (Lipinski definition) is 0. The normalized spacial score (nSPS) is 14.3. The fourth-order valence-corrected chi connectivity index (χ4v) is 2.16. The van der Waals surface area contributed by atoms with Crippen molar-refractivity contribution < 1.29 is 9.53 Å². The van der Waals surface area contributed by atoms with Crippen LogP contribution in [0.1, 0.15) is 5.56 Å². The van der Waals surface area contributed by atoms with E-state index in [1.165, 1.54) is 0 Å². The summed E-state index contributed by atoms with van der Waals surface area (Å²) in [6.45, 7) is 1.46. The van der Waals surface area contributed by atoms with Gasteiger partial charge in [-0.3, -0.25) is 4.79 Å². The van der Waals surface area contributed by atoms with Crippen molar-refractivity contribution in [3.8, 4) is 11.9 Å². The minimum Gasteiger partial charge on any atom is -0.471 e. The van der Waals surface area contributed by atoms with Crippen molar-refractivity contribution >= 4 is 5.91 Å². The lowest BCUT2D eigenvalue weighted by Crippen LogP contribution is -2.56. The predicted octanol–water partition coefficient (Wildman–Crippen LogP) is 1.04. The van der Waals surface area contributed by atoms with Crippen LogP contribution in [-0.2, 0) is 11.3 Å². The number of carbonyl (C=O) groups excluding carboxylic acids is 1. The maximum atomic E-state index is 12.0. The molecule has 0 N–H and O–H groups in total. The fourth-order valence-electron chi connectivity index (χ4n) is 2.16. The molecule has 21 heavy (non-hydrogen) atoms. The van der Waals surface area contributed by atoms with Gasteiger partial charge in [-0.25, -0.2) is 4.98 Å². The summed E-state index contributed by atoms with van der Waals surface area (Å²) in [6, 6.07) is 9.05. The minimum atomic E-state index is -0.0555. The van der Waals surface area contributed by atoms with Crippen LogP contribution in [-0.4, -0.2) is 39.6 Å². The number of nitriles is 1. The molecule has 3 rings (SSSR count). The second-order valence-corrected chi connectivity index (χ2v) is 4.89. The molecule has 2 aromatic rings. The lowest BCUT2D eigenvalue weighted by Gasteiger charge is -2.38. The molecule has 0 atom stereocenters. The van der Waals surface area contributed by atoms with Gasteiger partial charge in [-0.1, -0.05) is 0 Å². The van der Waals surface area contributed by atoms with Gasteiger partial charge in [0.25, 0.3) is 0 Å². The van der Waals surface area contributed by atoms with Crippen LogP contribution in [0, 0.1) is 11.3 Å².